The van der Waals surface area contributed by atoms with Crippen molar-refractivity contribution >= 4 is 27.7 Å². The van der Waals surface area contributed by atoms with Crippen LogP contribution in [-0.4, -0.2) is 6.54 Å². The summed E-state index contributed by atoms with van der Waals surface area (Å²) in [6.45, 7) is 10.2. The number of nitriles is 2. The zero-order chi connectivity index (χ0) is 23.8. The molecule has 0 aliphatic carbocycles. The molecule has 1 unspecified atom stereocenters. The van der Waals surface area contributed by atoms with Crippen molar-refractivity contribution in [2.45, 2.75) is 47.1 Å². The van der Waals surface area contributed by atoms with Gasteiger partial charge in [0.05, 0.1) is 11.3 Å². The van der Waals surface area contributed by atoms with Crippen LogP contribution in [0.4, 0.5) is 16.4 Å². The van der Waals surface area contributed by atoms with Gasteiger partial charge in [-0.2, -0.15) is 10.5 Å². The molecule has 5 nitrogen and oxygen atoms in total. The van der Waals surface area contributed by atoms with Gasteiger partial charge in [-0.1, -0.05) is 50.6 Å². The van der Waals surface area contributed by atoms with E-state index < -0.39 is 0 Å². The first-order chi connectivity index (χ1) is 16.0. The Morgan fingerprint density at radius 3 is 2.42 bits per heavy atom. The monoisotopic (exact) mass is 455 g/mol. The van der Waals surface area contributed by atoms with Gasteiger partial charge in [-0.05, 0) is 61.1 Å². The molecule has 0 aliphatic heterocycles. The Hall–Kier alpha value is -3.48. The average molecular weight is 456 g/mol. The van der Waals surface area contributed by atoms with E-state index in [-0.39, 0.29) is 0 Å². The average Bonchev–Trinajstić information content (AvgIpc) is 3.15. The highest BCUT2D eigenvalue weighted by molar-refractivity contribution is 7.16. The van der Waals surface area contributed by atoms with Gasteiger partial charge in [0.15, 0.2) is 5.00 Å². The van der Waals surface area contributed by atoms with Gasteiger partial charge in [0, 0.05) is 18.8 Å². The molecule has 3 aromatic rings. The van der Waals surface area contributed by atoms with Crippen molar-refractivity contribution in [1.82, 2.24) is 0 Å². The van der Waals surface area contributed by atoms with Crippen LogP contribution >= 0.6 is 11.3 Å². The van der Waals surface area contributed by atoms with Crippen LogP contribution in [0.5, 0.6) is 0 Å². The van der Waals surface area contributed by atoms with Gasteiger partial charge in [-0.15, -0.1) is 21.6 Å². The molecule has 0 radical (unpaired) electrons. The summed E-state index contributed by atoms with van der Waals surface area (Å²) in [7, 11) is 0. The molecule has 0 spiro atoms. The SMILES string of the molecule is CCC(C)CCN(Cc1ccccc1)c1ccc(N=Nc2sc(C#N)c(C)c2C#N)c(C)c1. The Morgan fingerprint density at radius 2 is 1.79 bits per heavy atom. The largest absolute Gasteiger partial charge is 0.367 e. The molecule has 6 heteroatoms. The number of benzene rings is 2. The topological polar surface area (TPSA) is 75.5 Å². The van der Waals surface area contributed by atoms with Crippen LogP contribution in [0.1, 0.15) is 53.8 Å². The number of thiophene rings is 1. The van der Waals surface area contributed by atoms with Crippen molar-refractivity contribution in [3.63, 3.8) is 0 Å². The van der Waals surface area contributed by atoms with Crippen molar-refractivity contribution < 1.29 is 0 Å². The van der Waals surface area contributed by atoms with Crippen molar-refractivity contribution in [1.29, 1.82) is 10.5 Å². The Labute approximate surface area is 200 Å². The van der Waals surface area contributed by atoms with Crippen molar-refractivity contribution in [3.8, 4) is 12.1 Å². The van der Waals surface area contributed by atoms with Gasteiger partial charge >= 0.3 is 0 Å². The highest BCUT2D eigenvalue weighted by Gasteiger charge is 2.15. The third-order valence-electron chi connectivity index (χ3n) is 5.94. The number of nitrogens with zero attached hydrogens (tertiary/aromatic N) is 5. The minimum Gasteiger partial charge on any atom is -0.367 e. The second kappa shape index (κ2) is 11.4. The summed E-state index contributed by atoms with van der Waals surface area (Å²) in [5.41, 5.74) is 5.32. The van der Waals surface area contributed by atoms with Gasteiger partial charge < -0.3 is 4.90 Å². The van der Waals surface area contributed by atoms with Gasteiger partial charge in [0.2, 0.25) is 0 Å². The zero-order valence-electron chi connectivity index (χ0n) is 19.7. The number of hydrogen-bond donors (Lipinski definition) is 0. The standard InChI is InChI=1S/C27H29N5S/c1-5-19(2)13-14-32(18-22-9-7-6-8-10-22)23-11-12-25(20(3)15-23)30-31-27-24(16-28)21(4)26(17-29)33-27/h6-12,15,19H,5,13-14,18H2,1-4H3. The summed E-state index contributed by atoms with van der Waals surface area (Å²) in [6, 6.07) is 21.0. The van der Waals surface area contributed by atoms with Crippen LogP contribution in [0.2, 0.25) is 0 Å². The molecule has 0 fully saturated rings. The Morgan fingerprint density at radius 1 is 1.03 bits per heavy atom. The fourth-order valence-corrected chi connectivity index (χ4v) is 4.41. The lowest BCUT2D eigenvalue weighted by Crippen LogP contribution is -2.25. The van der Waals surface area contributed by atoms with Crippen molar-refractivity contribution in [2.24, 2.45) is 16.1 Å². The molecule has 0 saturated heterocycles. The van der Waals surface area contributed by atoms with Crippen molar-refractivity contribution in [2.75, 3.05) is 11.4 Å². The summed E-state index contributed by atoms with van der Waals surface area (Å²) in [5.74, 6) is 0.680. The molecule has 0 aliphatic rings. The van der Waals surface area contributed by atoms with Crippen LogP contribution in [0, 0.1) is 42.4 Å². The lowest BCUT2D eigenvalue weighted by atomic mass is 10.0. The molecule has 0 N–H and O–H groups in total. The third kappa shape index (κ3) is 6.06. The van der Waals surface area contributed by atoms with E-state index in [1.807, 2.05) is 19.1 Å². The fourth-order valence-electron chi connectivity index (χ4n) is 3.54. The summed E-state index contributed by atoms with van der Waals surface area (Å²) in [4.78, 5) is 2.93. The lowest BCUT2D eigenvalue weighted by Gasteiger charge is -2.27. The summed E-state index contributed by atoms with van der Waals surface area (Å²) < 4.78 is 0. The molecule has 0 bridgehead atoms. The van der Waals surface area contributed by atoms with E-state index in [2.05, 4.69) is 77.5 Å². The summed E-state index contributed by atoms with van der Waals surface area (Å²) in [5, 5.41) is 27.9. The van der Waals surface area contributed by atoms with Gasteiger partial charge in [0.25, 0.3) is 0 Å². The molecule has 3 rings (SSSR count). The first kappa shape index (κ1) is 24.2. The van der Waals surface area contributed by atoms with Crippen LogP contribution in [0.25, 0.3) is 0 Å². The first-order valence-corrected chi connectivity index (χ1v) is 12.0. The molecule has 0 amide bonds. The van der Waals surface area contributed by atoms with Crippen molar-refractivity contribution in [3.05, 3.63) is 75.7 Å². The maximum absolute atomic E-state index is 9.43. The van der Waals surface area contributed by atoms with Crippen LogP contribution in [-0.2, 0) is 6.54 Å². The molecule has 0 saturated carbocycles. The van der Waals surface area contributed by atoms with Crippen LogP contribution in [0.3, 0.4) is 0 Å². The van der Waals surface area contributed by atoms with E-state index in [0.29, 0.717) is 26.9 Å². The highest BCUT2D eigenvalue weighted by Crippen LogP contribution is 2.36. The second-order valence-electron chi connectivity index (χ2n) is 8.34. The number of azo groups is 1. The maximum Gasteiger partial charge on any atom is 0.158 e. The Balaban J connectivity index is 1.85. The molecule has 168 valence electrons. The van der Waals surface area contributed by atoms with E-state index in [9.17, 15) is 10.5 Å². The van der Waals surface area contributed by atoms with E-state index in [1.165, 1.54) is 23.3 Å². The Bertz CT molecular complexity index is 1200. The molecule has 1 atom stereocenters. The van der Waals surface area contributed by atoms with Crippen LogP contribution in [0.15, 0.2) is 58.8 Å². The summed E-state index contributed by atoms with van der Waals surface area (Å²) >= 11 is 1.20. The number of rotatable bonds is 9. The van der Waals surface area contributed by atoms with E-state index in [1.54, 1.807) is 6.92 Å². The number of hydrogen-bond acceptors (Lipinski definition) is 6. The predicted octanol–water partition coefficient (Wildman–Crippen LogP) is 7.97. The molecular formula is C27H29N5S. The fraction of sp³-hybridized carbons (Fsp3) is 0.333. The zero-order valence-corrected chi connectivity index (χ0v) is 20.5. The first-order valence-electron chi connectivity index (χ1n) is 11.2. The van der Waals surface area contributed by atoms with Gasteiger partial charge in [-0.25, -0.2) is 0 Å². The number of anilines is 1. The molecular weight excluding hydrogens is 426 g/mol. The molecule has 1 aromatic heterocycles. The van der Waals surface area contributed by atoms with Gasteiger partial charge in [0.1, 0.15) is 17.0 Å². The minimum absolute atomic E-state index is 0.425. The van der Waals surface area contributed by atoms with E-state index in [4.69, 9.17) is 0 Å². The summed E-state index contributed by atoms with van der Waals surface area (Å²) in [6.07, 6.45) is 2.32. The van der Waals surface area contributed by atoms with Gasteiger partial charge in [-0.3, -0.25) is 0 Å². The third-order valence-corrected chi connectivity index (χ3v) is 7.02. The molecule has 33 heavy (non-hydrogen) atoms. The van der Waals surface area contributed by atoms with E-state index >= 15 is 0 Å². The predicted molar refractivity (Wildman–Crippen MR) is 135 cm³/mol. The minimum atomic E-state index is 0.425. The number of aryl methyl sites for hydroxylation is 1. The second-order valence-corrected chi connectivity index (χ2v) is 9.34. The Kier molecular flexibility index (Phi) is 8.35. The normalized spacial score (nSPS) is 11.8. The lowest BCUT2D eigenvalue weighted by molar-refractivity contribution is 0.510. The van der Waals surface area contributed by atoms with Crippen LogP contribution < -0.4 is 4.90 Å². The maximum atomic E-state index is 9.43. The molecule has 2 aromatic carbocycles. The van der Waals surface area contributed by atoms with E-state index in [0.717, 1.165) is 36.4 Å². The highest BCUT2D eigenvalue weighted by atomic mass is 32.1. The smallest absolute Gasteiger partial charge is 0.158 e. The molecule has 1 heterocycles. The quantitative estimate of drug-likeness (QED) is 0.307.